The van der Waals surface area contributed by atoms with Crippen molar-refractivity contribution in [2.24, 2.45) is 10.9 Å². The first-order valence-corrected chi connectivity index (χ1v) is 7.16. The average Bonchev–Trinajstić information content (AvgIpc) is 2.47. The maximum atomic E-state index is 11.6. The van der Waals surface area contributed by atoms with E-state index in [2.05, 4.69) is 20.1 Å². The summed E-state index contributed by atoms with van der Waals surface area (Å²) in [5.41, 5.74) is 6.42. The maximum Gasteiger partial charge on any atom is 0.251 e. The van der Waals surface area contributed by atoms with Crippen molar-refractivity contribution in [3.8, 4) is 0 Å². The highest BCUT2D eigenvalue weighted by atomic mass is 32.2. The number of hydrogen-bond donors (Lipinski definition) is 3. The van der Waals surface area contributed by atoms with Crippen molar-refractivity contribution >= 4 is 17.6 Å². The molecule has 8 heteroatoms. The lowest BCUT2D eigenvalue weighted by Gasteiger charge is -2.04. The van der Waals surface area contributed by atoms with Crippen molar-refractivity contribution in [3.63, 3.8) is 0 Å². The zero-order valence-electron chi connectivity index (χ0n) is 11.4. The van der Waals surface area contributed by atoms with Gasteiger partial charge in [0.15, 0.2) is 11.0 Å². The first-order valence-electron chi connectivity index (χ1n) is 6.34. The molecule has 0 radical (unpaired) electrons. The maximum absolute atomic E-state index is 11.6. The summed E-state index contributed by atoms with van der Waals surface area (Å²) < 4.78 is 0. The largest absolute Gasteiger partial charge is 0.409 e. The summed E-state index contributed by atoms with van der Waals surface area (Å²) in [4.78, 5) is 23.5. The van der Waals surface area contributed by atoms with Crippen LogP contribution >= 0.6 is 11.8 Å². The molecule has 2 aromatic rings. The molecule has 2 rings (SSSR count). The molecule has 0 spiro atoms. The van der Waals surface area contributed by atoms with Gasteiger partial charge in [-0.05, 0) is 18.6 Å². The second-order valence-corrected chi connectivity index (χ2v) is 5.32. The van der Waals surface area contributed by atoms with E-state index in [0.29, 0.717) is 10.9 Å². The number of aromatic nitrogens is 3. The Balaban J connectivity index is 2.20. The fourth-order valence-corrected chi connectivity index (χ4v) is 2.45. The monoisotopic (exact) mass is 305 g/mol. The lowest BCUT2D eigenvalue weighted by atomic mass is 10.2. The summed E-state index contributed by atoms with van der Waals surface area (Å²) >= 11 is 1.30. The van der Waals surface area contributed by atoms with Crippen LogP contribution in [0.3, 0.4) is 0 Å². The summed E-state index contributed by atoms with van der Waals surface area (Å²) in [6, 6.07) is 4.90. The zero-order valence-corrected chi connectivity index (χ0v) is 12.2. The van der Waals surface area contributed by atoms with E-state index in [-0.39, 0.29) is 11.4 Å². The van der Waals surface area contributed by atoms with Gasteiger partial charge in [-0.1, -0.05) is 30.3 Å². The smallest absolute Gasteiger partial charge is 0.251 e. The second kappa shape index (κ2) is 6.89. The Kier molecular flexibility index (Phi) is 4.94. The Morgan fingerprint density at radius 2 is 2.33 bits per heavy atom. The summed E-state index contributed by atoms with van der Waals surface area (Å²) in [7, 11) is 0. The lowest BCUT2D eigenvalue weighted by molar-refractivity contribution is 0.318. The average molecular weight is 305 g/mol. The van der Waals surface area contributed by atoms with Crippen molar-refractivity contribution in [1.82, 2.24) is 15.0 Å². The van der Waals surface area contributed by atoms with Crippen LogP contribution in [0.25, 0.3) is 0 Å². The van der Waals surface area contributed by atoms with Crippen molar-refractivity contribution < 1.29 is 5.21 Å². The van der Waals surface area contributed by atoms with Crippen LogP contribution in [0, 0.1) is 0 Å². The van der Waals surface area contributed by atoms with Crippen LogP contribution in [0.4, 0.5) is 0 Å². The summed E-state index contributed by atoms with van der Waals surface area (Å²) in [5, 5.41) is 12.0. The summed E-state index contributed by atoms with van der Waals surface area (Å²) in [6.45, 7) is 2.03. The molecule has 4 N–H and O–H groups in total. The molecule has 0 aliphatic rings. The van der Waals surface area contributed by atoms with Crippen LogP contribution in [-0.4, -0.2) is 26.0 Å². The third-order valence-electron chi connectivity index (χ3n) is 2.60. The van der Waals surface area contributed by atoms with Crippen LogP contribution < -0.4 is 11.3 Å². The molecule has 0 unspecified atom stereocenters. The van der Waals surface area contributed by atoms with Gasteiger partial charge in [0.1, 0.15) is 5.69 Å². The number of aromatic amines is 1. The Labute approximate surface area is 125 Å². The van der Waals surface area contributed by atoms with E-state index < -0.39 is 0 Å². The van der Waals surface area contributed by atoms with Gasteiger partial charge < -0.3 is 15.9 Å². The van der Waals surface area contributed by atoms with Gasteiger partial charge in [-0.3, -0.25) is 9.78 Å². The van der Waals surface area contributed by atoms with E-state index in [1.807, 2.05) is 6.92 Å². The number of nitrogens with zero attached hydrogens (tertiary/aromatic N) is 3. The molecule has 0 aliphatic carbocycles. The molecule has 0 fully saturated rings. The first kappa shape index (κ1) is 15.0. The molecule has 0 aromatic carbocycles. The van der Waals surface area contributed by atoms with Gasteiger partial charge in [-0.2, -0.15) is 0 Å². The quantitative estimate of drug-likeness (QED) is 0.252. The first-order chi connectivity index (χ1) is 10.1. The number of pyridine rings is 1. The van der Waals surface area contributed by atoms with Gasteiger partial charge in [0.2, 0.25) is 0 Å². The van der Waals surface area contributed by atoms with E-state index in [1.165, 1.54) is 17.8 Å². The minimum atomic E-state index is -0.169. The molecule has 21 heavy (non-hydrogen) atoms. The lowest BCUT2D eigenvalue weighted by Crippen LogP contribution is -2.14. The summed E-state index contributed by atoms with van der Waals surface area (Å²) in [5.74, 6) is -0.0528. The number of amidine groups is 1. The molecular weight excluding hydrogens is 290 g/mol. The zero-order chi connectivity index (χ0) is 15.2. The van der Waals surface area contributed by atoms with Crippen LogP contribution in [0.15, 0.2) is 44.4 Å². The molecule has 0 saturated heterocycles. The third kappa shape index (κ3) is 4.06. The molecular formula is C13H15N5O2S. The van der Waals surface area contributed by atoms with Gasteiger partial charge >= 0.3 is 0 Å². The minimum Gasteiger partial charge on any atom is -0.409 e. The van der Waals surface area contributed by atoms with Crippen molar-refractivity contribution in [1.29, 1.82) is 0 Å². The van der Waals surface area contributed by atoms with E-state index in [0.717, 1.165) is 23.4 Å². The van der Waals surface area contributed by atoms with Crippen LogP contribution in [0.2, 0.25) is 0 Å². The molecule has 0 atom stereocenters. The van der Waals surface area contributed by atoms with E-state index in [9.17, 15) is 4.79 Å². The standard InChI is InChI=1S/C13H15N5O2S/c1-2-3-8-6-11(19)17-13(16-8)21-9-4-5-10(15-7-9)12(14)18-20/h4-7,20H,2-3H2,1H3,(H2,14,18)(H,16,17,19). The Hall–Kier alpha value is -2.35. The van der Waals surface area contributed by atoms with Crippen molar-refractivity contribution in [2.45, 2.75) is 29.8 Å². The molecule has 7 nitrogen and oxygen atoms in total. The predicted octanol–water partition coefficient (Wildman–Crippen LogP) is 1.36. The van der Waals surface area contributed by atoms with Gasteiger partial charge in [0.05, 0.1) is 0 Å². The minimum absolute atomic E-state index is 0.0528. The highest BCUT2D eigenvalue weighted by Crippen LogP contribution is 2.23. The van der Waals surface area contributed by atoms with Crippen LogP contribution in [0.1, 0.15) is 24.7 Å². The fraction of sp³-hybridized carbons (Fsp3) is 0.231. The summed E-state index contributed by atoms with van der Waals surface area (Å²) in [6.07, 6.45) is 3.26. The fourth-order valence-electron chi connectivity index (χ4n) is 1.67. The molecule has 2 heterocycles. The normalized spacial score (nSPS) is 11.6. The molecule has 2 aromatic heterocycles. The number of H-pyrrole nitrogens is 1. The van der Waals surface area contributed by atoms with E-state index in [4.69, 9.17) is 10.9 Å². The number of oxime groups is 1. The van der Waals surface area contributed by atoms with Crippen molar-refractivity contribution in [3.05, 3.63) is 46.1 Å². The number of aryl methyl sites for hydroxylation is 1. The molecule has 0 aliphatic heterocycles. The Morgan fingerprint density at radius 1 is 1.52 bits per heavy atom. The van der Waals surface area contributed by atoms with Crippen molar-refractivity contribution in [2.75, 3.05) is 0 Å². The number of nitrogens with one attached hydrogen (secondary N) is 1. The van der Waals surface area contributed by atoms with E-state index in [1.54, 1.807) is 18.3 Å². The Bertz CT molecular complexity index is 696. The highest BCUT2D eigenvalue weighted by molar-refractivity contribution is 7.99. The molecule has 0 saturated carbocycles. The van der Waals surface area contributed by atoms with Crippen LogP contribution in [0.5, 0.6) is 0 Å². The number of rotatable bonds is 5. The molecule has 110 valence electrons. The molecule has 0 bridgehead atoms. The van der Waals surface area contributed by atoms with Gasteiger partial charge in [-0.15, -0.1) is 0 Å². The number of nitrogens with two attached hydrogens (primary N) is 1. The van der Waals surface area contributed by atoms with Crippen LogP contribution in [-0.2, 0) is 6.42 Å². The SMILES string of the molecule is CCCc1cc(=O)[nH]c(Sc2ccc(/C(N)=N/O)nc2)n1. The van der Waals surface area contributed by atoms with Gasteiger partial charge in [0.25, 0.3) is 5.56 Å². The molecule has 0 amide bonds. The third-order valence-corrected chi connectivity index (χ3v) is 3.46. The van der Waals surface area contributed by atoms with Gasteiger partial charge in [0, 0.05) is 22.9 Å². The second-order valence-electron chi connectivity index (χ2n) is 4.26. The van der Waals surface area contributed by atoms with Gasteiger partial charge in [-0.25, -0.2) is 4.98 Å². The number of hydrogen-bond acceptors (Lipinski definition) is 6. The highest BCUT2D eigenvalue weighted by Gasteiger charge is 2.05. The predicted molar refractivity (Wildman–Crippen MR) is 79.7 cm³/mol. The topological polar surface area (TPSA) is 117 Å². The Morgan fingerprint density at radius 3 is 2.95 bits per heavy atom. The van der Waals surface area contributed by atoms with E-state index >= 15 is 0 Å².